The Bertz CT molecular complexity index is 1590. The van der Waals surface area contributed by atoms with Gasteiger partial charge in [-0.2, -0.15) is 0 Å². The molecule has 0 atom stereocenters. The zero-order chi connectivity index (χ0) is 20.2. The van der Waals surface area contributed by atoms with E-state index in [-0.39, 0.29) is 0 Å². The summed E-state index contributed by atoms with van der Waals surface area (Å²) in [6.45, 7) is 3.09. The molecule has 30 heavy (non-hydrogen) atoms. The summed E-state index contributed by atoms with van der Waals surface area (Å²) in [5.74, 6) is 0.318. The lowest BCUT2D eigenvalue weighted by atomic mass is 9.91. The van der Waals surface area contributed by atoms with Crippen LogP contribution >= 0.6 is 0 Å². The molecule has 0 amide bonds. The summed E-state index contributed by atoms with van der Waals surface area (Å²) >= 11 is 0. The van der Waals surface area contributed by atoms with E-state index in [0.29, 0.717) is 5.75 Å². The van der Waals surface area contributed by atoms with Crippen LogP contribution in [-0.4, -0.2) is 9.67 Å². The molecule has 0 saturated heterocycles. The number of aryl methyl sites for hydroxylation is 1. The third-order valence-electron chi connectivity index (χ3n) is 6.25. The molecule has 0 bridgehead atoms. The lowest BCUT2D eigenvalue weighted by Gasteiger charge is -2.14. The summed E-state index contributed by atoms with van der Waals surface area (Å²) in [6, 6.07) is 31.5. The van der Waals surface area contributed by atoms with E-state index < -0.39 is 0 Å². The predicted octanol–water partition coefficient (Wildman–Crippen LogP) is 7.49. The van der Waals surface area contributed by atoms with Crippen LogP contribution < -0.4 is 0 Å². The minimum Gasteiger partial charge on any atom is -0.507 e. The number of hydrogen-bond donors (Lipinski definition) is 1. The summed E-state index contributed by atoms with van der Waals surface area (Å²) in [5.41, 5.74) is 4.45. The first-order valence-electron chi connectivity index (χ1n) is 10.4. The van der Waals surface area contributed by atoms with Crippen LogP contribution in [0.25, 0.3) is 54.5 Å². The predicted molar refractivity (Wildman–Crippen MR) is 127 cm³/mol. The van der Waals surface area contributed by atoms with Crippen LogP contribution in [-0.2, 0) is 6.54 Å². The fourth-order valence-corrected chi connectivity index (χ4v) is 4.99. The zero-order valence-electron chi connectivity index (χ0n) is 16.8. The molecule has 144 valence electrons. The van der Waals surface area contributed by atoms with Gasteiger partial charge < -0.3 is 9.67 Å². The fourth-order valence-electron chi connectivity index (χ4n) is 4.99. The maximum atomic E-state index is 11.0. The van der Waals surface area contributed by atoms with E-state index in [1.54, 1.807) is 0 Å². The monoisotopic (exact) mass is 387 g/mol. The Morgan fingerprint density at radius 2 is 1.37 bits per heavy atom. The number of para-hydroxylation sites is 1. The molecule has 1 N–H and O–H groups in total. The van der Waals surface area contributed by atoms with Gasteiger partial charge in [-0.1, -0.05) is 72.8 Å². The number of fused-ring (bicyclic) bond motifs is 6. The Morgan fingerprint density at radius 3 is 2.17 bits per heavy atom. The van der Waals surface area contributed by atoms with Crippen LogP contribution in [0, 0.1) is 0 Å². The molecule has 0 fully saturated rings. The van der Waals surface area contributed by atoms with Crippen LogP contribution in [0.1, 0.15) is 6.92 Å². The Labute approximate surface area is 174 Å². The van der Waals surface area contributed by atoms with Crippen LogP contribution in [0.15, 0.2) is 91.0 Å². The summed E-state index contributed by atoms with van der Waals surface area (Å²) in [6.07, 6.45) is 0. The van der Waals surface area contributed by atoms with Crippen molar-refractivity contribution >= 4 is 43.4 Å². The topological polar surface area (TPSA) is 25.2 Å². The molecule has 2 heteroatoms. The number of aromatic nitrogens is 1. The van der Waals surface area contributed by atoms with Gasteiger partial charge in [-0.3, -0.25) is 0 Å². The van der Waals surface area contributed by atoms with E-state index in [1.807, 2.05) is 24.3 Å². The highest BCUT2D eigenvalue weighted by atomic mass is 16.3. The van der Waals surface area contributed by atoms with Gasteiger partial charge in [-0.25, -0.2) is 0 Å². The van der Waals surface area contributed by atoms with Gasteiger partial charge in [0, 0.05) is 33.8 Å². The second kappa shape index (κ2) is 6.36. The van der Waals surface area contributed by atoms with E-state index >= 15 is 0 Å². The van der Waals surface area contributed by atoms with Crippen molar-refractivity contribution in [3.8, 4) is 16.9 Å². The van der Waals surface area contributed by atoms with Crippen molar-refractivity contribution in [2.45, 2.75) is 13.5 Å². The van der Waals surface area contributed by atoms with Crippen LogP contribution in [0.5, 0.6) is 5.75 Å². The average Bonchev–Trinajstić information content (AvgIpc) is 3.13. The zero-order valence-corrected chi connectivity index (χ0v) is 16.8. The largest absolute Gasteiger partial charge is 0.507 e. The number of benzene rings is 5. The Kier molecular flexibility index (Phi) is 3.63. The normalized spacial score (nSPS) is 11.8. The molecule has 0 radical (unpaired) electrons. The minimum atomic E-state index is 0.318. The molecule has 0 aliphatic heterocycles. The van der Waals surface area contributed by atoms with Gasteiger partial charge in [-0.05, 0) is 46.8 Å². The van der Waals surface area contributed by atoms with Gasteiger partial charge in [0.05, 0.1) is 5.52 Å². The third kappa shape index (κ3) is 2.25. The summed E-state index contributed by atoms with van der Waals surface area (Å²) in [7, 11) is 0. The van der Waals surface area contributed by atoms with Crippen molar-refractivity contribution in [3.63, 3.8) is 0 Å². The van der Waals surface area contributed by atoms with Gasteiger partial charge in [-0.15, -0.1) is 0 Å². The molecule has 6 rings (SSSR count). The average molecular weight is 387 g/mol. The highest BCUT2D eigenvalue weighted by Gasteiger charge is 2.20. The summed E-state index contributed by atoms with van der Waals surface area (Å²) < 4.78 is 2.40. The molecule has 1 heterocycles. The molecular weight excluding hydrogens is 366 g/mol. The third-order valence-corrected chi connectivity index (χ3v) is 6.25. The van der Waals surface area contributed by atoms with Gasteiger partial charge in [0.15, 0.2) is 0 Å². The first kappa shape index (κ1) is 17.1. The molecule has 5 aromatic carbocycles. The number of nitrogens with zero attached hydrogens (tertiary/aromatic N) is 1. The quantitative estimate of drug-likeness (QED) is 0.327. The molecule has 0 aliphatic rings. The second-order valence-corrected chi connectivity index (χ2v) is 7.81. The SMILES string of the molecule is CCn1c2ccccc2c2c(-c3c(O)ccc4ccccc34)cc3ccccc3c21. The molecule has 0 unspecified atom stereocenters. The minimum absolute atomic E-state index is 0.318. The van der Waals surface area contributed by atoms with E-state index in [0.717, 1.165) is 28.4 Å². The van der Waals surface area contributed by atoms with Crippen molar-refractivity contribution in [2.24, 2.45) is 0 Å². The van der Waals surface area contributed by atoms with E-state index in [1.165, 1.54) is 32.6 Å². The van der Waals surface area contributed by atoms with Gasteiger partial charge in [0.2, 0.25) is 0 Å². The molecular formula is C28H21NO. The number of hydrogen-bond acceptors (Lipinski definition) is 1. The Balaban J connectivity index is 1.93. The van der Waals surface area contributed by atoms with Crippen molar-refractivity contribution < 1.29 is 5.11 Å². The summed E-state index contributed by atoms with van der Waals surface area (Å²) in [4.78, 5) is 0. The van der Waals surface area contributed by atoms with Crippen LogP contribution in [0.2, 0.25) is 0 Å². The maximum absolute atomic E-state index is 11.0. The molecule has 1 aromatic heterocycles. The number of aromatic hydroxyl groups is 1. The van der Waals surface area contributed by atoms with Crippen molar-refractivity contribution in [1.82, 2.24) is 4.57 Å². The fraction of sp³-hybridized carbons (Fsp3) is 0.0714. The Morgan fingerprint density at radius 1 is 0.700 bits per heavy atom. The van der Waals surface area contributed by atoms with E-state index in [4.69, 9.17) is 0 Å². The van der Waals surface area contributed by atoms with E-state index in [9.17, 15) is 5.11 Å². The first-order valence-corrected chi connectivity index (χ1v) is 10.4. The van der Waals surface area contributed by atoms with Crippen molar-refractivity contribution in [3.05, 3.63) is 91.0 Å². The van der Waals surface area contributed by atoms with Gasteiger partial charge >= 0.3 is 0 Å². The Hall–Kier alpha value is -3.78. The molecule has 2 nitrogen and oxygen atoms in total. The lowest BCUT2D eigenvalue weighted by Crippen LogP contribution is -1.94. The molecule has 6 aromatic rings. The van der Waals surface area contributed by atoms with E-state index in [2.05, 4.69) is 78.2 Å². The second-order valence-electron chi connectivity index (χ2n) is 7.81. The molecule has 0 saturated carbocycles. The van der Waals surface area contributed by atoms with Crippen LogP contribution in [0.4, 0.5) is 0 Å². The van der Waals surface area contributed by atoms with Crippen molar-refractivity contribution in [1.29, 1.82) is 0 Å². The number of rotatable bonds is 2. The smallest absolute Gasteiger partial charge is 0.124 e. The van der Waals surface area contributed by atoms with Gasteiger partial charge in [0.1, 0.15) is 5.75 Å². The molecule has 0 aliphatic carbocycles. The standard InChI is InChI=1S/C28H21NO/c1-2-29-24-14-8-7-13-22(24)27-23(17-19-10-4-6-12-21(19)28(27)29)26-20-11-5-3-9-18(20)15-16-25(26)30/h3-17,30H,2H2,1H3. The highest BCUT2D eigenvalue weighted by Crippen LogP contribution is 2.45. The first-order chi connectivity index (χ1) is 14.8. The number of phenols is 1. The summed E-state index contributed by atoms with van der Waals surface area (Å²) in [5, 5.41) is 18.1. The molecule has 0 spiro atoms. The van der Waals surface area contributed by atoms with Gasteiger partial charge in [0.25, 0.3) is 0 Å². The number of phenolic OH excluding ortho intramolecular Hbond substituents is 1. The van der Waals surface area contributed by atoms with Crippen molar-refractivity contribution in [2.75, 3.05) is 0 Å². The lowest BCUT2D eigenvalue weighted by molar-refractivity contribution is 0.478. The van der Waals surface area contributed by atoms with Crippen LogP contribution in [0.3, 0.4) is 0 Å². The highest BCUT2D eigenvalue weighted by molar-refractivity contribution is 6.25. The maximum Gasteiger partial charge on any atom is 0.124 e.